The fraction of sp³-hybridized carbons (Fsp3) is 0. The number of rotatable bonds is 4. The summed E-state index contributed by atoms with van der Waals surface area (Å²) in [5.74, 6) is 0. The molecule has 51 heavy (non-hydrogen) atoms. The Morgan fingerprint density at radius 3 is 1.31 bits per heavy atom. The van der Waals surface area contributed by atoms with Gasteiger partial charge in [0.15, 0.2) is 0 Å². The lowest BCUT2D eigenvalue weighted by atomic mass is 10.0. The third-order valence-corrected chi connectivity index (χ3v) is 10.3. The van der Waals surface area contributed by atoms with E-state index in [1.807, 2.05) is 34.9 Å². The fourth-order valence-electron chi connectivity index (χ4n) is 8.17. The standard InChI is InChI=1S/C48H31N3/c1-2-14-32(15-3-1)33-28-35(50-45-23-11-6-18-39(45)40-19-7-12-24-46(40)50)30-36(29-33)51-47-25-13-8-20-41(47)42-31-34(26-27-48(42)51)49-43-21-9-4-16-37(43)38-17-5-10-22-44(38)49/h1-31H/i8D,13D,20D,25D. The SMILES string of the molecule is [2H]c1c([2H])c([2H])c2c(c1[2H])c1cc(-n3c4ccccc4c4ccccc43)ccc1n2-c1cc(-c2ccccc2)cc(-n2c3ccccc3c3ccccc32)c1. The molecule has 11 rings (SSSR count). The van der Waals surface area contributed by atoms with Crippen LogP contribution in [0, 0.1) is 0 Å². The molecule has 0 saturated carbocycles. The Morgan fingerprint density at radius 2 is 0.745 bits per heavy atom. The first kappa shape index (κ1) is 24.3. The maximum atomic E-state index is 9.36. The zero-order valence-corrected chi connectivity index (χ0v) is 27.4. The molecule has 8 aromatic carbocycles. The van der Waals surface area contributed by atoms with E-state index in [-0.39, 0.29) is 24.2 Å². The van der Waals surface area contributed by atoms with Crippen LogP contribution in [0.15, 0.2) is 188 Å². The van der Waals surface area contributed by atoms with E-state index in [1.54, 1.807) is 0 Å². The van der Waals surface area contributed by atoms with Crippen LogP contribution in [0.4, 0.5) is 0 Å². The number of benzene rings is 8. The third kappa shape index (κ3) is 4.12. The maximum absolute atomic E-state index is 9.36. The van der Waals surface area contributed by atoms with E-state index < -0.39 is 0 Å². The van der Waals surface area contributed by atoms with Crippen molar-refractivity contribution in [2.75, 3.05) is 0 Å². The third-order valence-electron chi connectivity index (χ3n) is 10.3. The summed E-state index contributed by atoms with van der Waals surface area (Å²) in [6.45, 7) is 0. The molecule has 3 heterocycles. The molecular formula is C48H31N3. The van der Waals surface area contributed by atoms with Crippen molar-refractivity contribution in [2.24, 2.45) is 0 Å². The Bertz CT molecular complexity index is 3270. The average Bonchev–Trinajstić information content (AvgIpc) is 3.88. The monoisotopic (exact) mass is 653 g/mol. The smallest absolute Gasteiger partial charge is 0.0645 e. The molecule has 0 aliphatic heterocycles. The van der Waals surface area contributed by atoms with Crippen LogP contribution >= 0.6 is 0 Å². The second-order valence-corrected chi connectivity index (χ2v) is 13.1. The van der Waals surface area contributed by atoms with E-state index in [9.17, 15) is 2.74 Å². The minimum absolute atomic E-state index is 0.0547. The average molecular weight is 654 g/mol. The second-order valence-electron chi connectivity index (χ2n) is 13.1. The summed E-state index contributed by atoms with van der Waals surface area (Å²) in [5, 5.41) is 5.87. The summed E-state index contributed by atoms with van der Waals surface area (Å²) >= 11 is 0. The van der Waals surface area contributed by atoms with Crippen molar-refractivity contribution in [3.05, 3.63) is 188 Å². The Hall–Kier alpha value is -6.84. The van der Waals surface area contributed by atoms with E-state index in [4.69, 9.17) is 2.74 Å². The van der Waals surface area contributed by atoms with Gasteiger partial charge in [0, 0.05) is 49.4 Å². The lowest BCUT2D eigenvalue weighted by Crippen LogP contribution is -2.00. The number of aromatic nitrogens is 3. The molecule has 11 aromatic rings. The number of nitrogens with zero attached hydrogens (tertiary/aromatic N) is 3. The molecule has 0 atom stereocenters. The lowest BCUT2D eigenvalue weighted by Gasteiger charge is -2.16. The van der Waals surface area contributed by atoms with Gasteiger partial charge in [0.1, 0.15) is 0 Å². The van der Waals surface area contributed by atoms with E-state index in [0.717, 1.165) is 82.7 Å². The summed E-state index contributed by atoms with van der Waals surface area (Å²) in [4.78, 5) is 0. The van der Waals surface area contributed by atoms with Gasteiger partial charge < -0.3 is 13.7 Å². The highest BCUT2D eigenvalue weighted by molar-refractivity contribution is 6.13. The van der Waals surface area contributed by atoms with Crippen molar-refractivity contribution in [1.82, 2.24) is 13.7 Å². The molecule has 0 amide bonds. The molecule has 3 heteroatoms. The van der Waals surface area contributed by atoms with Crippen molar-refractivity contribution in [1.29, 1.82) is 0 Å². The molecule has 0 unspecified atom stereocenters. The van der Waals surface area contributed by atoms with Gasteiger partial charge >= 0.3 is 0 Å². The quantitative estimate of drug-likeness (QED) is 0.180. The first-order valence-electron chi connectivity index (χ1n) is 19.2. The molecule has 0 aliphatic carbocycles. The Morgan fingerprint density at radius 1 is 0.294 bits per heavy atom. The number of hydrogen-bond acceptors (Lipinski definition) is 0. The normalized spacial score (nSPS) is 13.0. The number of hydrogen-bond donors (Lipinski definition) is 0. The zero-order valence-electron chi connectivity index (χ0n) is 31.4. The van der Waals surface area contributed by atoms with Gasteiger partial charge in [0.25, 0.3) is 0 Å². The predicted octanol–water partition coefficient (Wildman–Crippen LogP) is 12.6. The molecule has 0 radical (unpaired) electrons. The van der Waals surface area contributed by atoms with Gasteiger partial charge in [-0.25, -0.2) is 0 Å². The summed E-state index contributed by atoms with van der Waals surface area (Å²) in [6.07, 6.45) is 0. The first-order valence-corrected chi connectivity index (χ1v) is 17.2. The zero-order chi connectivity index (χ0) is 36.9. The lowest BCUT2D eigenvalue weighted by molar-refractivity contribution is 1.13. The molecule has 0 saturated heterocycles. The molecule has 0 fully saturated rings. The van der Waals surface area contributed by atoms with E-state index in [1.165, 1.54) is 0 Å². The topological polar surface area (TPSA) is 14.8 Å². The fourth-order valence-corrected chi connectivity index (χ4v) is 8.17. The molecule has 0 N–H and O–H groups in total. The van der Waals surface area contributed by atoms with Crippen LogP contribution in [-0.4, -0.2) is 13.7 Å². The Balaban J connectivity index is 1.26. The molecule has 3 aromatic heterocycles. The highest BCUT2D eigenvalue weighted by atomic mass is 15.0. The van der Waals surface area contributed by atoms with Crippen molar-refractivity contribution in [2.45, 2.75) is 0 Å². The van der Waals surface area contributed by atoms with E-state index >= 15 is 0 Å². The van der Waals surface area contributed by atoms with Crippen molar-refractivity contribution in [3.8, 4) is 28.2 Å². The highest BCUT2D eigenvalue weighted by Crippen LogP contribution is 2.39. The summed E-state index contributed by atoms with van der Waals surface area (Å²) in [5.41, 5.74) is 10.2. The minimum Gasteiger partial charge on any atom is -0.309 e. The van der Waals surface area contributed by atoms with Crippen molar-refractivity contribution >= 4 is 65.4 Å². The van der Waals surface area contributed by atoms with Gasteiger partial charge in [0.05, 0.1) is 38.6 Å². The largest absolute Gasteiger partial charge is 0.309 e. The van der Waals surface area contributed by atoms with E-state index in [2.05, 4.69) is 143 Å². The number of para-hydroxylation sites is 5. The van der Waals surface area contributed by atoms with Gasteiger partial charge in [-0.2, -0.15) is 0 Å². The molecule has 238 valence electrons. The van der Waals surface area contributed by atoms with Gasteiger partial charge in [-0.3, -0.25) is 0 Å². The van der Waals surface area contributed by atoms with Crippen LogP contribution in [0.5, 0.6) is 0 Å². The second kappa shape index (κ2) is 10.8. The summed E-state index contributed by atoms with van der Waals surface area (Å²) in [6, 6.07) is 56.0. The Kier molecular flexibility index (Phi) is 5.16. The minimum atomic E-state index is -0.258. The predicted molar refractivity (Wildman–Crippen MR) is 215 cm³/mol. The van der Waals surface area contributed by atoms with Gasteiger partial charge in [-0.15, -0.1) is 0 Å². The Labute approximate surface area is 300 Å². The molecule has 0 aliphatic rings. The van der Waals surface area contributed by atoms with Crippen LogP contribution in [0.25, 0.3) is 93.6 Å². The maximum Gasteiger partial charge on any atom is 0.0645 e. The van der Waals surface area contributed by atoms with Crippen LogP contribution in [-0.2, 0) is 0 Å². The van der Waals surface area contributed by atoms with Crippen LogP contribution in [0.2, 0.25) is 0 Å². The van der Waals surface area contributed by atoms with Gasteiger partial charge in [-0.1, -0.05) is 121 Å². The van der Waals surface area contributed by atoms with Crippen LogP contribution in [0.3, 0.4) is 0 Å². The van der Waals surface area contributed by atoms with Gasteiger partial charge in [-0.05, 0) is 77.8 Å². The molecule has 0 bridgehead atoms. The molecular weight excluding hydrogens is 619 g/mol. The summed E-state index contributed by atoms with van der Waals surface area (Å²) < 4.78 is 42.8. The van der Waals surface area contributed by atoms with Crippen molar-refractivity contribution < 1.29 is 5.48 Å². The van der Waals surface area contributed by atoms with E-state index in [0.29, 0.717) is 10.9 Å². The van der Waals surface area contributed by atoms with Crippen LogP contribution < -0.4 is 0 Å². The molecule has 0 spiro atoms. The highest BCUT2D eigenvalue weighted by Gasteiger charge is 2.19. The summed E-state index contributed by atoms with van der Waals surface area (Å²) in [7, 11) is 0. The van der Waals surface area contributed by atoms with Crippen molar-refractivity contribution in [3.63, 3.8) is 0 Å². The molecule has 3 nitrogen and oxygen atoms in total. The first-order chi connectivity index (χ1) is 27.0. The van der Waals surface area contributed by atoms with Gasteiger partial charge in [0.2, 0.25) is 0 Å². The number of fused-ring (bicyclic) bond motifs is 9. The van der Waals surface area contributed by atoms with Crippen LogP contribution in [0.1, 0.15) is 5.48 Å².